The summed E-state index contributed by atoms with van der Waals surface area (Å²) in [6.07, 6.45) is 1.36. The highest BCUT2D eigenvalue weighted by Gasteiger charge is 2.27. The largest absolute Gasteiger partial charge is 0.490 e. The van der Waals surface area contributed by atoms with Crippen LogP contribution >= 0.6 is 11.8 Å². The Morgan fingerprint density at radius 1 is 1.36 bits per heavy atom. The summed E-state index contributed by atoms with van der Waals surface area (Å²) in [5.74, 6) is 1.11. The van der Waals surface area contributed by atoms with E-state index < -0.39 is 4.92 Å². The van der Waals surface area contributed by atoms with Crippen LogP contribution in [0.2, 0.25) is 0 Å². The lowest BCUT2D eigenvalue weighted by Gasteiger charge is -2.31. The first-order chi connectivity index (χ1) is 13.3. The molecule has 1 fully saturated rings. The zero-order chi connectivity index (χ0) is 20.7. The first kappa shape index (κ1) is 22.0. The average Bonchev–Trinajstić information content (AvgIpc) is 2.67. The number of piperidine rings is 1. The van der Waals surface area contributed by atoms with Crippen LogP contribution in [0.1, 0.15) is 32.3 Å². The second kappa shape index (κ2) is 10.3. The zero-order valence-electron chi connectivity index (χ0n) is 16.5. The number of likely N-dealkylation sites (tertiary alicyclic amines) is 1. The number of thioether (sulfide) groups is 1. The van der Waals surface area contributed by atoms with Crippen molar-refractivity contribution >= 4 is 29.3 Å². The van der Waals surface area contributed by atoms with Gasteiger partial charge in [-0.15, -0.1) is 11.8 Å². The molecule has 9 heteroatoms. The number of carbonyl (C=O) groups is 2. The molecule has 1 saturated heterocycles. The van der Waals surface area contributed by atoms with Gasteiger partial charge in [-0.2, -0.15) is 0 Å². The van der Waals surface area contributed by atoms with Crippen molar-refractivity contribution in [3.63, 3.8) is 0 Å². The number of carbonyl (C=O) groups excluding carboxylic acids is 2. The van der Waals surface area contributed by atoms with Crippen molar-refractivity contribution in [2.75, 3.05) is 26.0 Å². The van der Waals surface area contributed by atoms with Crippen LogP contribution in [0.4, 0.5) is 5.69 Å². The molecular weight excluding hydrogens is 382 g/mol. The summed E-state index contributed by atoms with van der Waals surface area (Å²) < 4.78 is 4.99. The van der Waals surface area contributed by atoms with E-state index in [1.165, 1.54) is 24.9 Å². The number of nitro groups is 1. The van der Waals surface area contributed by atoms with Gasteiger partial charge in [0.1, 0.15) is 0 Å². The van der Waals surface area contributed by atoms with Gasteiger partial charge < -0.3 is 15.0 Å². The molecule has 1 aromatic carbocycles. The van der Waals surface area contributed by atoms with Gasteiger partial charge in [-0.05, 0) is 38.3 Å². The summed E-state index contributed by atoms with van der Waals surface area (Å²) in [5.41, 5.74) is 0.697. The van der Waals surface area contributed by atoms with Crippen molar-refractivity contribution in [3.8, 4) is 5.75 Å². The smallest absolute Gasteiger partial charge is 0.311 e. The third kappa shape index (κ3) is 6.12. The summed E-state index contributed by atoms with van der Waals surface area (Å²) in [5, 5.41) is 14.0. The van der Waals surface area contributed by atoms with E-state index in [2.05, 4.69) is 5.32 Å². The van der Waals surface area contributed by atoms with Crippen LogP contribution < -0.4 is 10.1 Å². The van der Waals surface area contributed by atoms with Crippen molar-refractivity contribution < 1.29 is 19.2 Å². The molecule has 0 aliphatic carbocycles. The molecule has 1 aliphatic heterocycles. The molecule has 0 radical (unpaired) electrons. The Hall–Kier alpha value is -2.29. The number of nitrogens with one attached hydrogen (secondary N) is 1. The number of rotatable bonds is 8. The van der Waals surface area contributed by atoms with Gasteiger partial charge >= 0.3 is 5.69 Å². The Kier molecular flexibility index (Phi) is 8.10. The summed E-state index contributed by atoms with van der Waals surface area (Å²) in [6.45, 7) is 5.05. The number of hydrogen-bond acceptors (Lipinski definition) is 6. The minimum atomic E-state index is -0.474. The predicted molar refractivity (Wildman–Crippen MR) is 108 cm³/mol. The molecule has 2 rings (SSSR count). The minimum absolute atomic E-state index is 0.0287. The van der Waals surface area contributed by atoms with Crippen LogP contribution in [0.15, 0.2) is 18.2 Å². The van der Waals surface area contributed by atoms with Crippen LogP contribution in [0.3, 0.4) is 0 Å². The number of methoxy groups -OCH3 is 1. The van der Waals surface area contributed by atoms with Crippen molar-refractivity contribution in [1.29, 1.82) is 0 Å². The summed E-state index contributed by atoms with van der Waals surface area (Å²) in [7, 11) is 1.39. The lowest BCUT2D eigenvalue weighted by Crippen LogP contribution is -2.44. The Morgan fingerprint density at radius 2 is 2.04 bits per heavy atom. The Balaban J connectivity index is 1.78. The Morgan fingerprint density at radius 3 is 2.61 bits per heavy atom. The zero-order valence-corrected chi connectivity index (χ0v) is 17.3. The van der Waals surface area contributed by atoms with E-state index in [1.54, 1.807) is 17.0 Å². The fourth-order valence-electron chi connectivity index (χ4n) is 3.11. The first-order valence-corrected chi connectivity index (χ1v) is 10.4. The Bertz CT molecular complexity index is 718. The molecule has 0 aromatic heterocycles. The molecule has 0 spiro atoms. The molecule has 1 aliphatic rings. The van der Waals surface area contributed by atoms with E-state index in [9.17, 15) is 19.7 Å². The van der Waals surface area contributed by atoms with Gasteiger partial charge in [0.25, 0.3) is 0 Å². The lowest BCUT2D eigenvalue weighted by molar-refractivity contribution is -0.385. The number of nitro benzene ring substituents is 1. The summed E-state index contributed by atoms with van der Waals surface area (Å²) in [4.78, 5) is 36.9. The molecule has 8 nitrogen and oxygen atoms in total. The third-order valence-electron chi connectivity index (χ3n) is 4.58. The quantitative estimate of drug-likeness (QED) is 0.523. The van der Waals surface area contributed by atoms with Gasteiger partial charge in [-0.1, -0.05) is 6.07 Å². The highest BCUT2D eigenvalue weighted by atomic mass is 32.2. The van der Waals surface area contributed by atoms with Gasteiger partial charge in [0.15, 0.2) is 5.75 Å². The minimum Gasteiger partial charge on any atom is -0.490 e. The summed E-state index contributed by atoms with van der Waals surface area (Å²) in [6, 6.07) is 4.94. The molecule has 1 aromatic rings. The second-order valence-corrected chi connectivity index (χ2v) is 8.06. The number of nitrogens with zero attached hydrogens (tertiary/aromatic N) is 2. The molecule has 0 saturated carbocycles. The van der Waals surface area contributed by atoms with Crippen molar-refractivity contribution in [2.24, 2.45) is 5.92 Å². The molecule has 0 atom stereocenters. The van der Waals surface area contributed by atoms with Crippen molar-refractivity contribution in [2.45, 2.75) is 38.5 Å². The molecule has 0 bridgehead atoms. The van der Waals surface area contributed by atoms with Gasteiger partial charge in [0.05, 0.1) is 17.8 Å². The van der Waals surface area contributed by atoms with Gasteiger partial charge in [-0.25, -0.2) is 0 Å². The fraction of sp³-hybridized carbons (Fsp3) is 0.579. The first-order valence-electron chi connectivity index (χ1n) is 9.29. The van der Waals surface area contributed by atoms with Crippen LogP contribution in [-0.2, 0) is 15.3 Å². The SMILES string of the molecule is COc1ccc(CSCC(=O)N2CCC(C(=O)NC(C)C)CC2)cc1[N+](=O)[O-]. The normalized spacial score (nSPS) is 14.8. The van der Waals surface area contributed by atoms with Crippen LogP contribution in [0.25, 0.3) is 0 Å². The topological polar surface area (TPSA) is 102 Å². The number of hydrogen-bond donors (Lipinski definition) is 1. The van der Waals surface area contributed by atoms with Crippen LogP contribution in [0, 0.1) is 16.0 Å². The standard InChI is InChI=1S/C19H27N3O5S/c1-13(2)20-19(24)15-6-8-21(9-7-15)18(23)12-28-11-14-4-5-17(27-3)16(10-14)22(25)26/h4-5,10,13,15H,6-9,11-12H2,1-3H3,(H,20,24). The molecule has 154 valence electrons. The van der Waals surface area contributed by atoms with E-state index in [0.717, 1.165) is 5.56 Å². The maximum absolute atomic E-state index is 12.4. The van der Waals surface area contributed by atoms with E-state index in [4.69, 9.17) is 4.74 Å². The molecule has 1 N–H and O–H groups in total. The van der Waals surface area contributed by atoms with Crippen LogP contribution in [0.5, 0.6) is 5.75 Å². The van der Waals surface area contributed by atoms with Crippen molar-refractivity contribution in [1.82, 2.24) is 10.2 Å². The lowest BCUT2D eigenvalue weighted by atomic mass is 9.95. The number of amides is 2. The highest BCUT2D eigenvalue weighted by Crippen LogP contribution is 2.29. The molecule has 2 amide bonds. The maximum Gasteiger partial charge on any atom is 0.311 e. The van der Waals surface area contributed by atoms with Gasteiger partial charge in [0, 0.05) is 36.9 Å². The van der Waals surface area contributed by atoms with E-state index in [1.807, 2.05) is 13.8 Å². The monoisotopic (exact) mass is 409 g/mol. The molecule has 0 unspecified atom stereocenters. The van der Waals surface area contributed by atoms with E-state index in [-0.39, 0.29) is 35.2 Å². The maximum atomic E-state index is 12.4. The van der Waals surface area contributed by atoms with E-state index >= 15 is 0 Å². The van der Waals surface area contributed by atoms with Crippen LogP contribution in [-0.4, -0.2) is 53.6 Å². The molecular formula is C19H27N3O5S. The van der Waals surface area contributed by atoms with E-state index in [0.29, 0.717) is 37.4 Å². The number of ether oxygens (including phenoxy) is 1. The third-order valence-corrected chi connectivity index (χ3v) is 5.57. The second-order valence-electron chi connectivity index (χ2n) is 7.07. The fourth-order valence-corrected chi connectivity index (χ4v) is 3.98. The Labute approximate surface area is 169 Å². The molecule has 1 heterocycles. The van der Waals surface area contributed by atoms with Gasteiger partial charge in [0.2, 0.25) is 11.8 Å². The average molecular weight is 410 g/mol. The van der Waals surface area contributed by atoms with Gasteiger partial charge in [-0.3, -0.25) is 19.7 Å². The predicted octanol–water partition coefficient (Wildman–Crippen LogP) is 2.60. The van der Waals surface area contributed by atoms with Crippen molar-refractivity contribution in [3.05, 3.63) is 33.9 Å². The highest BCUT2D eigenvalue weighted by molar-refractivity contribution is 7.99. The summed E-state index contributed by atoms with van der Waals surface area (Å²) >= 11 is 1.42. The molecule has 28 heavy (non-hydrogen) atoms. The number of benzene rings is 1.